The number of amides is 1. The maximum Gasteiger partial charge on any atom is 0.225 e. The van der Waals surface area contributed by atoms with Crippen LogP contribution in [0, 0.1) is 5.92 Å². The zero-order valence-electron chi connectivity index (χ0n) is 13.2. The molecule has 1 aliphatic rings. The molecule has 1 fully saturated rings. The van der Waals surface area contributed by atoms with E-state index in [1.165, 1.54) is 11.1 Å². The second kappa shape index (κ2) is 7.42. The Morgan fingerprint density at radius 2 is 1.57 bits per heavy atom. The highest BCUT2D eigenvalue weighted by atomic mass is 16.3. The maximum atomic E-state index is 12.4. The minimum atomic E-state index is -0.484. The second-order valence-corrected chi connectivity index (χ2v) is 6.22. The van der Waals surface area contributed by atoms with Crippen molar-refractivity contribution in [1.29, 1.82) is 0 Å². The van der Waals surface area contributed by atoms with Crippen LogP contribution in [0.25, 0.3) is 0 Å². The van der Waals surface area contributed by atoms with Crippen molar-refractivity contribution in [2.75, 3.05) is 6.54 Å². The van der Waals surface area contributed by atoms with Gasteiger partial charge in [-0.25, -0.2) is 0 Å². The first-order valence-corrected chi connectivity index (χ1v) is 8.31. The highest BCUT2D eigenvalue weighted by molar-refractivity contribution is 5.79. The van der Waals surface area contributed by atoms with E-state index >= 15 is 0 Å². The van der Waals surface area contributed by atoms with Gasteiger partial charge in [-0.2, -0.15) is 0 Å². The van der Waals surface area contributed by atoms with Gasteiger partial charge in [0, 0.05) is 12.5 Å². The minimum absolute atomic E-state index is 0.0214. The largest absolute Gasteiger partial charge is 0.392 e. The van der Waals surface area contributed by atoms with Crippen molar-refractivity contribution in [3.63, 3.8) is 0 Å². The molecule has 1 saturated carbocycles. The van der Waals surface area contributed by atoms with Crippen LogP contribution in [0.3, 0.4) is 0 Å². The lowest BCUT2D eigenvalue weighted by atomic mass is 9.91. The monoisotopic (exact) mass is 309 g/mol. The zero-order valence-corrected chi connectivity index (χ0v) is 13.2. The highest BCUT2D eigenvalue weighted by Crippen LogP contribution is 2.27. The summed E-state index contributed by atoms with van der Waals surface area (Å²) in [7, 11) is 0. The Bertz CT molecular complexity index is 587. The van der Waals surface area contributed by atoms with Crippen molar-refractivity contribution in [2.45, 2.75) is 31.3 Å². The lowest BCUT2D eigenvalue weighted by Gasteiger charge is -2.21. The van der Waals surface area contributed by atoms with Crippen molar-refractivity contribution in [2.24, 2.45) is 5.92 Å². The minimum Gasteiger partial charge on any atom is -0.392 e. The summed E-state index contributed by atoms with van der Waals surface area (Å²) in [5.41, 5.74) is 2.37. The van der Waals surface area contributed by atoms with E-state index in [4.69, 9.17) is 0 Å². The molecule has 0 radical (unpaired) electrons. The third-order valence-corrected chi connectivity index (χ3v) is 4.70. The third-order valence-electron chi connectivity index (χ3n) is 4.70. The van der Waals surface area contributed by atoms with Crippen molar-refractivity contribution >= 4 is 5.91 Å². The second-order valence-electron chi connectivity index (χ2n) is 6.22. The van der Waals surface area contributed by atoms with Gasteiger partial charge < -0.3 is 10.4 Å². The number of nitrogens with one attached hydrogen (secondary N) is 1. The Hall–Kier alpha value is -2.13. The van der Waals surface area contributed by atoms with Crippen LogP contribution in [-0.2, 0) is 4.79 Å². The summed E-state index contributed by atoms with van der Waals surface area (Å²) in [5, 5.41) is 13.0. The van der Waals surface area contributed by atoms with E-state index in [2.05, 4.69) is 29.6 Å². The number of carbonyl (C=O) groups is 1. The van der Waals surface area contributed by atoms with Gasteiger partial charge >= 0.3 is 0 Å². The van der Waals surface area contributed by atoms with Crippen molar-refractivity contribution in [3.05, 3.63) is 71.8 Å². The van der Waals surface area contributed by atoms with E-state index in [0.29, 0.717) is 6.54 Å². The molecular weight excluding hydrogens is 286 g/mol. The van der Waals surface area contributed by atoms with E-state index in [1.54, 1.807) is 0 Å². The molecule has 2 aromatic rings. The van der Waals surface area contributed by atoms with Gasteiger partial charge in [-0.3, -0.25) is 4.79 Å². The van der Waals surface area contributed by atoms with E-state index in [1.807, 2.05) is 36.4 Å². The smallest absolute Gasteiger partial charge is 0.225 e. The Morgan fingerprint density at radius 3 is 2.04 bits per heavy atom. The van der Waals surface area contributed by atoms with Gasteiger partial charge in [0.2, 0.25) is 5.91 Å². The van der Waals surface area contributed by atoms with Crippen LogP contribution in [0.4, 0.5) is 0 Å². The SMILES string of the molecule is O=C(NCC(c1ccccc1)c1ccccc1)C1CCCC1O. The fraction of sp³-hybridized carbons (Fsp3) is 0.350. The molecule has 0 aliphatic heterocycles. The summed E-state index contributed by atoms with van der Waals surface area (Å²) >= 11 is 0. The molecule has 1 amide bonds. The van der Waals surface area contributed by atoms with Crippen LogP contribution in [0.5, 0.6) is 0 Å². The number of rotatable bonds is 5. The highest BCUT2D eigenvalue weighted by Gasteiger charge is 2.31. The standard InChI is InChI=1S/C20H23NO2/c22-19-13-7-12-17(19)20(23)21-14-18(15-8-3-1-4-9-15)16-10-5-2-6-11-16/h1-6,8-11,17-19,22H,7,12-14H2,(H,21,23). The lowest BCUT2D eigenvalue weighted by molar-refractivity contribution is -0.127. The van der Waals surface area contributed by atoms with Gasteiger partial charge in [0.15, 0.2) is 0 Å². The van der Waals surface area contributed by atoms with Crippen molar-refractivity contribution in [1.82, 2.24) is 5.32 Å². The van der Waals surface area contributed by atoms with Crippen LogP contribution in [0.1, 0.15) is 36.3 Å². The van der Waals surface area contributed by atoms with E-state index in [-0.39, 0.29) is 17.7 Å². The van der Waals surface area contributed by atoms with Crippen molar-refractivity contribution in [3.8, 4) is 0 Å². The maximum absolute atomic E-state index is 12.4. The number of aliphatic hydroxyl groups excluding tert-OH is 1. The zero-order chi connectivity index (χ0) is 16.1. The number of carbonyl (C=O) groups excluding carboxylic acids is 1. The molecule has 0 saturated heterocycles. The molecule has 23 heavy (non-hydrogen) atoms. The predicted octanol–water partition coefficient (Wildman–Crippen LogP) is 3.10. The molecule has 0 aromatic heterocycles. The Morgan fingerprint density at radius 1 is 1.00 bits per heavy atom. The molecule has 2 unspecified atom stereocenters. The molecule has 0 bridgehead atoms. The first-order valence-electron chi connectivity index (χ1n) is 8.31. The molecule has 3 nitrogen and oxygen atoms in total. The van der Waals surface area contributed by atoms with Gasteiger partial charge in [0.05, 0.1) is 12.0 Å². The fourth-order valence-electron chi connectivity index (χ4n) is 3.38. The Labute approximate surface area is 137 Å². The first kappa shape index (κ1) is 15.8. The van der Waals surface area contributed by atoms with Crippen LogP contribution in [0.2, 0.25) is 0 Å². The molecule has 0 heterocycles. The molecule has 3 heteroatoms. The normalized spacial score (nSPS) is 20.6. The average Bonchev–Trinajstić information content (AvgIpc) is 3.03. The number of benzene rings is 2. The van der Waals surface area contributed by atoms with Crippen LogP contribution in [0.15, 0.2) is 60.7 Å². The predicted molar refractivity (Wildman–Crippen MR) is 91.1 cm³/mol. The lowest BCUT2D eigenvalue weighted by Crippen LogP contribution is -2.37. The van der Waals surface area contributed by atoms with Crippen LogP contribution < -0.4 is 5.32 Å². The van der Waals surface area contributed by atoms with Gasteiger partial charge in [0.25, 0.3) is 0 Å². The molecule has 0 spiro atoms. The molecule has 2 N–H and O–H groups in total. The number of hydrogen-bond donors (Lipinski definition) is 2. The molecule has 120 valence electrons. The molecule has 2 atom stereocenters. The molecule has 3 rings (SSSR count). The van der Waals surface area contributed by atoms with Gasteiger partial charge in [-0.05, 0) is 30.4 Å². The summed E-state index contributed by atoms with van der Waals surface area (Å²) in [6, 6.07) is 20.5. The van der Waals surface area contributed by atoms with Gasteiger partial charge in [0.1, 0.15) is 0 Å². The van der Waals surface area contributed by atoms with E-state index < -0.39 is 6.10 Å². The topological polar surface area (TPSA) is 49.3 Å². The van der Waals surface area contributed by atoms with Gasteiger partial charge in [-0.1, -0.05) is 60.7 Å². The number of aliphatic hydroxyl groups is 1. The van der Waals surface area contributed by atoms with E-state index in [9.17, 15) is 9.90 Å². The fourth-order valence-corrected chi connectivity index (χ4v) is 3.38. The molecule has 1 aliphatic carbocycles. The summed E-state index contributed by atoms with van der Waals surface area (Å²) in [4.78, 5) is 12.4. The van der Waals surface area contributed by atoms with E-state index in [0.717, 1.165) is 19.3 Å². The van der Waals surface area contributed by atoms with Gasteiger partial charge in [-0.15, -0.1) is 0 Å². The summed E-state index contributed by atoms with van der Waals surface area (Å²) in [6.45, 7) is 0.552. The Balaban J connectivity index is 1.73. The Kier molecular flexibility index (Phi) is 5.09. The van der Waals surface area contributed by atoms with Crippen LogP contribution in [-0.4, -0.2) is 23.7 Å². The number of hydrogen-bond acceptors (Lipinski definition) is 2. The summed E-state index contributed by atoms with van der Waals surface area (Å²) in [6.07, 6.45) is 1.97. The van der Waals surface area contributed by atoms with Crippen molar-refractivity contribution < 1.29 is 9.90 Å². The molecular formula is C20H23NO2. The quantitative estimate of drug-likeness (QED) is 0.891. The summed E-state index contributed by atoms with van der Waals surface area (Å²) in [5.74, 6) is -0.144. The average molecular weight is 309 g/mol. The molecule has 2 aromatic carbocycles. The first-order chi connectivity index (χ1) is 11.3. The third kappa shape index (κ3) is 3.80. The van der Waals surface area contributed by atoms with Crippen LogP contribution >= 0.6 is 0 Å². The summed E-state index contributed by atoms with van der Waals surface area (Å²) < 4.78 is 0.